The largest absolute Gasteiger partial charge is 0.384 e. The van der Waals surface area contributed by atoms with Crippen LogP contribution in [0.1, 0.15) is 30.1 Å². The van der Waals surface area contributed by atoms with Gasteiger partial charge in [0.1, 0.15) is 5.82 Å². The Labute approximate surface area is 116 Å². The Morgan fingerprint density at radius 3 is 2.79 bits per heavy atom. The van der Waals surface area contributed by atoms with E-state index in [2.05, 4.69) is 15.6 Å². The van der Waals surface area contributed by atoms with Crippen molar-refractivity contribution in [2.75, 3.05) is 18.8 Å². The summed E-state index contributed by atoms with van der Waals surface area (Å²) in [6, 6.07) is 1.40. The zero-order valence-electron chi connectivity index (χ0n) is 10.7. The molecule has 0 saturated heterocycles. The van der Waals surface area contributed by atoms with Crippen LogP contribution in [0.3, 0.4) is 0 Å². The standard InChI is InChI=1S/C12H17ClN4O2/c1-2-4-15-11(18)3-5-16-12(19)8-6-10(14)17-7-9(8)13/h6-7H,2-5H2,1H3,(H2,14,17)(H,15,18)(H,16,19). The highest BCUT2D eigenvalue weighted by Crippen LogP contribution is 2.16. The van der Waals surface area contributed by atoms with Gasteiger partial charge < -0.3 is 16.4 Å². The van der Waals surface area contributed by atoms with Crippen LogP contribution in [0, 0.1) is 0 Å². The first-order chi connectivity index (χ1) is 9.04. The maximum Gasteiger partial charge on any atom is 0.253 e. The number of hydrogen-bond acceptors (Lipinski definition) is 4. The van der Waals surface area contributed by atoms with Gasteiger partial charge in [0.2, 0.25) is 5.91 Å². The zero-order valence-corrected chi connectivity index (χ0v) is 11.5. The van der Waals surface area contributed by atoms with Crippen molar-refractivity contribution in [1.29, 1.82) is 0 Å². The molecule has 4 N–H and O–H groups in total. The molecule has 0 saturated carbocycles. The normalized spacial score (nSPS) is 10.0. The predicted molar refractivity (Wildman–Crippen MR) is 73.9 cm³/mol. The number of nitrogens with one attached hydrogen (secondary N) is 2. The molecule has 7 heteroatoms. The number of hydrogen-bond donors (Lipinski definition) is 3. The molecule has 2 amide bonds. The van der Waals surface area contributed by atoms with Gasteiger partial charge in [-0.25, -0.2) is 4.98 Å². The van der Waals surface area contributed by atoms with E-state index < -0.39 is 0 Å². The fourth-order valence-corrected chi connectivity index (χ4v) is 1.56. The van der Waals surface area contributed by atoms with Gasteiger partial charge in [-0.05, 0) is 12.5 Å². The third-order valence-corrected chi connectivity index (χ3v) is 2.63. The molecule has 0 aliphatic heterocycles. The minimum Gasteiger partial charge on any atom is -0.384 e. The van der Waals surface area contributed by atoms with E-state index in [9.17, 15) is 9.59 Å². The number of nitrogen functional groups attached to an aromatic ring is 1. The molecule has 0 radical (unpaired) electrons. The maximum atomic E-state index is 11.8. The van der Waals surface area contributed by atoms with Gasteiger partial charge in [0.05, 0.1) is 10.6 Å². The van der Waals surface area contributed by atoms with Crippen LogP contribution in [0.15, 0.2) is 12.3 Å². The first kappa shape index (κ1) is 15.2. The van der Waals surface area contributed by atoms with E-state index in [4.69, 9.17) is 17.3 Å². The van der Waals surface area contributed by atoms with Crippen LogP contribution < -0.4 is 16.4 Å². The quantitative estimate of drug-likeness (QED) is 0.725. The van der Waals surface area contributed by atoms with Crippen molar-refractivity contribution < 1.29 is 9.59 Å². The first-order valence-corrected chi connectivity index (χ1v) is 6.38. The molecule has 104 valence electrons. The van der Waals surface area contributed by atoms with Crippen molar-refractivity contribution in [3.8, 4) is 0 Å². The van der Waals surface area contributed by atoms with Gasteiger partial charge in [-0.1, -0.05) is 18.5 Å². The number of nitrogens with two attached hydrogens (primary N) is 1. The van der Waals surface area contributed by atoms with Crippen molar-refractivity contribution >= 4 is 29.2 Å². The number of carbonyl (C=O) groups is 2. The lowest BCUT2D eigenvalue weighted by Gasteiger charge is -2.07. The Morgan fingerprint density at radius 2 is 2.11 bits per heavy atom. The number of halogens is 1. The summed E-state index contributed by atoms with van der Waals surface area (Å²) < 4.78 is 0. The van der Waals surface area contributed by atoms with Gasteiger partial charge in [-0.15, -0.1) is 0 Å². The Hall–Kier alpha value is -1.82. The van der Waals surface area contributed by atoms with E-state index in [1.807, 2.05) is 6.92 Å². The molecule has 0 bridgehead atoms. The molecule has 1 aromatic heterocycles. The highest BCUT2D eigenvalue weighted by Gasteiger charge is 2.11. The molecule has 19 heavy (non-hydrogen) atoms. The molecule has 0 fully saturated rings. The highest BCUT2D eigenvalue weighted by atomic mass is 35.5. The number of carbonyl (C=O) groups excluding carboxylic acids is 2. The van der Waals surface area contributed by atoms with Gasteiger partial charge in [-0.3, -0.25) is 9.59 Å². The van der Waals surface area contributed by atoms with E-state index >= 15 is 0 Å². The minimum absolute atomic E-state index is 0.0949. The highest BCUT2D eigenvalue weighted by molar-refractivity contribution is 6.33. The summed E-state index contributed by atoms with van der Waals surface area (Å²) in [5.74, 6) is -0.250. The smallest absolute Gasteiger partial charge is 0.253 e. The lowest BCUT2D eigenvalue weighted by atomic mass is 10.2. The Bertz CT molecular complexity index is 465. The molecule has 6 nitrogen and oxygen atoms in total. The second kappa shape index (κ2) is 7.58. The van der Waals surface area contributed by atoms with Crippen molar-refractivity contribution in [3.63, 3.8) is 0 Å². The molecule has 0 aromatic carbocycles. The van der Waals surface area contributed by atoms with E-state index in [-0.39, 0.29) is 41.2 Å². The average Bonchev–Trinajstić information content (AvgIpc) is 2.39. The Balaban J connectivity index is 2.43. The summed E-state index contributed by atoms with van der Waals surface area (Å²) in [5, 5.41) is 5.55. The van der Waals surface area contributed by atoms with Gasteiger partial charge >= 0.3 is 0 Å². The lowest BCUT2D eigenvalue weighted by molar-refractivity contribution is -0.120. The van der Waals surface area contributed by atoms with E-state index in [1.165, 1.54) is 12.3 Å². The molecule has 0 atom stereocenters. The van der Waals surface area contributed by atoms with Gasteiger partial charge in [0.15, 0.2) is 0 Å². The topological polar surface area (TPSA) is 97.1 Å². The number of rotatable bonds is 6. The second-order valence-electron chi connectivity index (χ2n) is 3.94. The number of amides is 2. The molecule has 1 rings (SSSR count). The SMILES string of the molecule is CCCNC(=O)CCNC(=O)c1cc(N)ncc1Cl. The fraction of sp³-hybridized carbons (Fsp3) is 0.417. The van der Waals surface area contributed by atoms with Crippen molar-refractivity contribution in [2.24, 2.45) is 0 Å². The van der Waals surface area contributed by atoms with Crippen LogP contribution in [0.4, 0.5) is 5.82 Å². The van der Waals surface area contributed by atoms with E-state index in [0.717, 1.165) is 6.42 Å². The summed E-state index contributed by atoms with van der Waals surface area (Å²) in [4.78, 5) is 26.9. The predicted octanol–water partition coefficient (Wildman–Crippen LogP) is 0.963. The van der Waals surface area contributed by atoms with Crippen LogP contribution in [0.25, 0.3) is 0 Å². The van der Waals surface area contributed by atoms with Gasteiger partial charge in [-0.2, -0.15) is 0 Å². The van der Waals surface area contributed by atoms with E-state index in [0.29, 0.717) is 6.54 Å². The summed E-state index contributed by atoms with van der Waals surface area (Å²) >= 11 is 5.84. The Kier molecular flexibility index (Phi) is 6.08. The van der Waals surface area contributed by atoms with Crippen molar-refractivity contribution in [2.45, 2.75) is 19.8 Å². The second-order valence-corrected chi connectivity index (χ2v) is 4.35. The summed E-state index contributed by atoms with van der Waals surface area (Å²) in [7, 11) is 0. The maximum absolute atomic E-state index is 11.8. The zero-order chi connectivity index (χ0) is 14.3. The molecular formula is C12H17ClN4O2. The number of pyridine rings is 1. The minimum atomic E-state index is -0.373. The monoisotopic (exact) mass is 284 g/mol. The van der Waals surface area contributed by atoms with Crippen molar-refractivity contribution in [3.05, 3.63) is 22.8 Å². The summed E-state index contributed by atoms with van der Waals surface area (Å²) in [6.45, 7) is 2.85. The van der Waals surface area contributed by atoms with Crippen LogP contribution in [0.2, 0.25) is 5.02 Å². The van der Waals surface area contributed by atoms with Crippen LogP contribution in [-0.2, 0) is 4.79 Å². The van der Waals surface area contributed by atoms with Gasteiger partial charge in [0.25, 0.3) is 5.91 Å². The number of anilines is 1. The molecular weight excluding hydrogens is 268 g/mol. The lowest BCUT2D eigenvalue weighted by Crippen LogP contribution is -2.31. The molecule has 0 unspecified atom stereocenters. The van der Waals surface area contributed by atoms with E-state index in [1.54, 1.807) is 0 Å². The fourth-order valence-electron chi connectivity index (χ4n) is 1.37. The van der Waals surface area contributed by atoms with Crippen molar-refractivity contribution in [1.82, 2.24) is 15.6 Å². The number of aromatic nitrogens is 1. The molecule has 0 spiro atoms. The molecule has 0 aliphatic rings. The van der Waals surface area contributed by atoms with Gasteiger partial charge in [0, 0.05) is 25.7 Å². The summed E-state index contributed by atoms with van der Waals surface area (Å²) in [6.07, 6.45) is 2.42. The molecule has 1 aromatic rings. The molecule has 1 heterocycles. The van der Waals surface area contributed by atoms with Crippen LogP contribution >= 0.6 is 11.6 Å². The number of nitrogens with zero attached hydrogens (tertiary/aromatic N) is 1. The summed E-state index contributed by atoms with van der Waals surface area (Å²) in [5.41, 5.74) is 5.74. The first-order valence-electron chi connectivity index (χ1n) is 6.00. The Morgan fingerprint density at radius 1 is 1.37 bits per heavy atom. The van der Waals surface area contributed by atoms with Crippen LogP contribution in [-0.4, -0.2) is 29.9 Å². The third kappa shape index (κ3) is 5.13. The average molecular weight is 285 g/mol. The third-order valence-electron chi connectivity index (χ3n) is 2.33. The molecule has 0 aliphatic carbocycles. The van der Waals surface area contributed by atoms with Crippen LogP contribution in [0.5, 0.6) is 0 Å².